The molecule has 178 valence electrons. The highest BCUT2D eigenvalue weighted by Gasteiger charge is 2.55. The van der Waals surface area contributed by atoms with Crippen LogP contribution in [0.3, 0.4) is 0 Å². The van der Waals surface area contributed by atoms with Crippen molar-refractivity contribution in [3.8, 4) is 5.75 Å². The lowest BCUT2D eigenvalue weighted by Crippen LogP contribution is -2.66. The molecule has 3 unspecified atom stereocenters. The van der Waals surface area contributed by atoms with Crippen LogP contribution < -0.4 is 10.5 Å². The molecule has 1 aliphatic heterocycles. The summed E-state index contributed by atoms with van der Waals surface area (Å²) in [7, 11) is 0. The molecule has 6 N–H and O–H groups in total. The lowest BCUT2D eigenvalue weighted by molar-refractivity contribution is -0.313. The van der Waals surface area contributed by atoms with Gasteiger partial charge < -0.3 is 45.1 Å². The number of aliphatic carboxylic acids is 1. The molecule has 1 aromatic rings. The van der Waals surface area contributed by atoms with Gasteiger partial charge in [-0.15, -0.1) is 0 Å². The van der Waals surface area contributed by atoms with Gasteiger partial charge in [0, 0.05) is 25.8 Å². The Hall–Kier alpha value is -2.61. The third-order valence-corrected chi connectivity index (χ3v) is 4.83. The highest BCUT2D eigenvalue weighted by molar-refractivity contribution is 5.76. The quantitative estimate of drug-likeness (QED) is 0.217. The largest absolute Gasteiger partial charge is 0.477 e. The SMILES string of the molecule is CC(=O)Oc1ccccc1COC1(C(=O)O)C[C@H](O)[C@@H](N)[C@H](C(OC(C)=O)C(O)CO)O1. The van der Waals surface area contributed by atoms with Gasteiger partial charge in [0.05, 0.1) is 25.4 Å². The van der Waals surface area contributed by atoms with Gasteiger partial charge in [0.1, 0.15) is 18.0 Å². The van der Waals surface area contributed by atoms with E-state index in [-0.39, 0.29) is 5.75 Å². The second-order valence-corrected chi connectivity index (χ2v) is 7.30. The summed E-state index contributed by atoms with van der Waals surface area (Å²) < 4.78 is 21.2. The van der Waals surface area contributed by atoms with Gasteiger partial charge in [-0.1, -0.05) is 18.2 Å². The summed E-state index contributed by atoms with van der Waals surface area (Å²) in [6, 6.07) is 4.96. The summed E-state index contributed by atoms with van der Waals surface area (Å²) >= 11 is 0. The molecule has 0 aromatic heterocycles. The fourth-order valence-corrected chi connectivity index (χ4v) is 3.29. The molecule has 1 fully saturated rings. The summed E-state index contributed by atoms with van der Waals surface area (Å²) in [5.41, 5.74) is 6.25. The monoisotopic (exact) mass is 457 g/mol. The number of nitrogens with two attached hydrogens (primary N) is 1. The average Bonchev–Trinajstić information content (AvgIpc) is 2.72. The lowest BCUT2D eigenvalue weighted by atomic mass is 9.89. The maximum Gasteiger partial charge on any atom is 0.364 e. The van der Waals surface area contributed by atoms with Crippen molar-refractivity contribution in [2.75, 3.05) is 6.61 Å². The van der Waals surface area contributed by atoms with E-state index in [9.17, 15) is 34.8 Å². The minimum Gasteiger partial charge on any atom is -0.477 e. The summed E-state index contributed by atoms with van der Waals surface area (Å²) in [5, 5.41) is 39.7. The van der Waals surface area contributed by atoms with Crippen molar-refractivity contribution in [2.45, 2.75) is 63.1 Å². The molecule has 12 heteroatoms. The molecule has 0 amide bonds. The number of aliphatic hydroxyl groups is 3. The van der Waals surface area contributed by atoms with Crippen molar-refractivity contribution >= 4 is 17.9 Å². The van der Waals surface area contributed by atoms with E-state index >= 15 is 0 Å². The van der Waals surface area contributed by atoms with Gasteiger partial charge in [-0.25, -0.2) is 4.79 Å². The predicted octanol–water partition coefficient (Wildman–Crippen LogP) is -1.33. The zero-order valence-electron chi connectivity index (χ0n) is 17.5. The third-order valence-electron chi connectivity index (χ3n) is 4.83. The van der Waals surface area contributed by atoms with E-state index < -0.39 is 73.8 Å². The van der Waals surface area contributed by atoms with Gasteiger partial charge in [0.25, 0.3) is 5.79 Å². The van der Waals surface area contributed by atoms with Crippen molar-refractivity contribution in [1.29, 1.82) is 0 Å². The van der Waals surface area contributed by atoms with Gasteiger partial charge in [-0.3, -0.25) is 9.59 Å². The van der Waals surface area contributed by atoms with E-state index in [0.29, 0.717) is 5.56 Å². The van der Waals surface area contributed by atoms with E-state index in [1.165, 1.54) is 19.1 Å². The first-order chi connectivity index (χ1) is 15.0. The number of rotatable bonds is 9. The first-order valence-corrected chi connectivity index (χ1v) is 9.72. The van der Waals surface area contributed by atoms with Crippen molar-refractivity contribution < 1.29 is 53.8 Å². The summed E-state index contributed by atoms with van der Waals surface area (Å²) in [6.45, 7) is 0.988. The smallest absolute Gasteiger partial charge is 0.364 e. The second kappa shape index (κ2) is 10.8. The molecule has 0 aliphatic carbocycles. The number of para-hydroxylation sites is 1. The van der Waals surface area contributed by atoms with Crippen LogP contribution in [0.1, 0.15) is 25.8 Å². The molecule has 6 atom stereocenters. The van der Waals surface area contributed by atoms with Crippen molar-refractivity contribution in [2.24, 2.45) is 5.73 Å². The Morgan fingerprint density at radius 1 is 1.25 bits per heavy atom. The predicted molar refractivity (Wildman–Crippen MR) is 105 cm³/mol. The van der Waals surface area contributed by atoms with E-state index in [1.54, 1.807) is 12.1 Å². The maximum atomic E-state index is 12.1. The number of aliphatic hydroxyl groups excluding tert-OH is 3. The van der Waals surface area contributed by atoms with Crippen LogP contribution in [0.5, 0.6) is 5.75 Å². The molecule has 2 rings (SSSR count). The molecule has 1 aliphatic rings. The molecular formula is C20H27NO11. The Labute approximate surface area is 183 Å². The van der Waals surface area contributed by atoms with Crippen LogP contribution in [0.4, 0.5) is 0 Å². The number of esters is 2. The van der Waals surface area contributed by atoms with Gasteiger partial charge in [-0.05, 0) is 6.07 Å². The summed E-state index contributed by atoms with van der Waals surface area (Å²) in [5.74, 6) is -5.37. The van der Waals surface area contributed by atoms with Crippen LogP contribution >= 0.6 is 0 Å². The van der Waals surface area contributed by atoms with Crippen molar-refractivity contribution in [3.63, 3.8) is 0 Å². The van der Waals surface area contributed by atoms with Gasteiger partial charge in [-0.2, -0.15) is 0 Å². The first kappa shape index (κ1) is 25.6. The van der Waals surface area contributed by atoms with Crippen molar-refractivity contribution in [3.05, 3.63) is 29.8 Å². The number of carboxylic acid groups (broad SMARTS) is 1. The second-order valence-electron chi connectivity index (χ2n) is 7.30. The number of carbonyl (C=O) groups excluding carboxylic acids is 2. The molecule has 0 spiro atoms. The zero-order valence-corrected chi connectivity index (χ0v) is 17.5. The van der Waals surface area contributed by atoms with E-state index in [1.807, 2.05) is 0 Å². The highest BCUT2D eigenvalue weighted by atomic mass is 16.7. The highest BCUT2D eigenvalue weighted by Crippen LogP contribution is 2.35. The topological polar surface area (TPSA) is 195 Å². The molecule has 1 saturated heterocycles. The molecule has 1 aromatic carbocycles. The Bertz CT molecular complexity index is 832. The van der Waals surface area contributed by atoms with E-state index in [0.717, 1.165) is 6.92 Å². The number of hydrogen-bond acceptors (Lipinski definition) is 11. The number of benzene rings is 1. The Morgan fingerprint density at radius 2 is 1.91 bits per heavy atom. The molecular weight excluding hydrogens is 430 g/mol. The molecule has 0 radical (unpaired) electrons. The Balaban J connectivity index is 2.35. The first-order valence-electron chi connectivity index (χ1n) is 9.72. The van der Waals surface area contributed by atoms with Crippen LogP contribution in [-0.4, -0.2) is 81.2 Å². The van der Waals surface area contributed by atoms with Crippen molar-refractivity contribution in [1.82, 2.24) is 0 Å². The molecule has 32 heavy (non-hydrogen) atoms. The van der Waals surface area contributed by atoms with Crippen LogP contribution in [0.25, 0.3) is 0 Å². The van der Waals surface area contributed by atoms with Crippen LogP contribution in [0.15, 0.2) is 24.3 Å². The van der Waals surface area contributed by atoms with Crippen LogP contribution in [-0.2, 0) is 35.2 Å². The molecule has 1 heterocycles. The molecule has 0 bridgehead atoms. The lowest BCUT2D eigenvalue weighted by Gasteiger charge is -2.45. The number of carbonyl (C=O) groups is 3. The molecule has 0 saturated carbocycles. The Morgan fingerprint density at radius 3 is 2.47 bits per heavy atom. The fraction of sp³-hybridized carbons (Fsp3) is 0.550. The number of ether oxygens (including phenoxy) is 4. The third kappa shape index (κ3) is 6.00. The maximum absolute atomic E-state index is 12.1. The Kier molecular flexibility index (Phi) is 8.66. The average molecular weight is 457 g/mol. The van der Waals surface area contributed by atoms with Crippen LogP contribution in [0.2, 0.25) is 0 Å². The zero-order chi connectivity index (χ0) is 24.1. The van der Waals surface area contributed by atoms with Gasteiger partial charge in [0.15, 0.2) is 6.10 Å². The summed E-state index contributed by atoms with van der Waals surface area (Å²) in [6.07, 6.45) is -6.87. The number of carboxylic acids is 1. The minimum absolute atomic E-state index is 0.138. The van der Waals surface area contributed by atoms with E-state index in [2.05, 4.69) is 0 Å². The van der Waals surface area contributed by atoms with Gasteiger partial charge >= 0.3 is 17.9 Å². The molecule has 12 nitrogen and oxygen atoms in total. The number of hydrogen-bond donors (Lipinski definition) is 5. The van der Waals surface area contributed by atoms with Crippen LogP contribution in [0, 0.1) is 0 Å². The normalized spacial score (nSPS) is 27.2. The summed E-state index contributed by atoms with van der Waals surface area (Å²) in [4.78, 5) is 34.9. The fourth-order valence-electron chi connectivity index (χ4n) is 3.29. The van der Waals surface area contributed by atoms with Gasteiger partial charge in [0.2, 0.25) is 0 Å². The van der Waals surface area contributed by atoms with E-state index in [4.69, 9.17) is 24.7 Å². The standard InChI is InChI=1S/C20H27NO11/c1-10(23)30-15-6-4-3-5-12(15)9-29-20(19(27)28)7-13(25)16(21)18(32-20)17(14(26)8-22)31-11(2)24/h3-6,13-14,16-18,22,25-26H,7-9,21H2,1-2H3,(H,27,28)/t13-,14?,16+,17?,18+,20?/m0/s1. The minimum atomic E-state index is -2.45.